The number of carbonyl (C=O) groups is 4. The van der Waals surface area contributed by atoms with E-state index >= 15 is 8.78 Å². The van der Waals surface area contributed by atoms with Crippen LogP contribution in [0.2, 0.25) is 0 Å². The van der Waals surface area contributed by atoms with E-state index in [1.54, 1.807) is 57.7 Å². The van der Waals surface area contributed by atoms with E-state index in [1.165, 1.54) is 59.4 Å². The molecule has 8 rings (SSSR count). The second kappa shape index (κ2) is 21.9. The van der Waals surface area contributed by atoms with Crippen LogP contribution in [0.1, 0.15) is 82.5 Å². The number of hydrogen-bond acceptors (Lipinski definition) is 11. The number of urea groups is 1. The van der Waals surface area contributed by atoms with Crippen LogP contribution in [-0.2, 0) is 48.1 Å². The Hall–Kier alpha value is -6.59. The number of likely N-dealkylation sites (N-methyl/N-ethyl adjacent to an activating group) is 1. The summed E-state index contributed by atoms with van der Waals surface area (Å²) in [5.74, 6) is -2.32. The standard InChI is InChI=1S/C52H63F5N10O8/c1-9-43(68)64-18-19-74-41-26-63(25-40(41)64)50(71)62(7)45(29(2)3)48(69)60-38-23-33-20-32(47(53)54)22-37(59-33)31-14-15-39-35(21-31)36(24-51(5,6)28-75-67(72)42-13-11-17-66(61-42)49(38)70)46(65(39)27-52(55,56)57)34-12-10-16-58-44(34)30(4)73-8/h9-10,12,14-16,20-22,29-30,38,40-42,45,47,61H,1,11,13,17-19,23-28H2,2-8H3/p+1/t30-,38?,40+,41-,42+,45-/m0/s1. The fourth-order valence-electron chi connectivity index (χ4n) is 10.8. The molecule has 3 saturated heterocycles. The molecule has 7 heterocycles. The van der Waals surface area contributed by atoms with Gasteiger partial charge in [0.25, 0.3) is 12.3 Å². The van der Waals surface area contributed by atoms with E-state index in [0.29, 0.717) is 40.1 Å². The Labute approximate surface area is 431 Å². The van der Waals surface area contributed by atoms with Crippen LogP contribution in [0.5, 0.6) is 0 Å². The maximum Gasteiger partial charge on any atom is 0.406 e. The molecule has 0 aliphatic carbocycles. The van der Waals surface area contributed by atoms with Gasteiger partial charge in [-0.1, -0.05) is 40.3 Å². The zero-order valence-electron chi connectivity index (χ0n) is 43.0. The Balaban J connectivity index is 1.22. The van der Waals surface area contributed by atoms with Gasteiger partial charge in [0.05, 0.1) is 53.4 Å². The highest BCUT2D eigenvalue weighted by Gasteiger charge is 2.46. The van der Waals surface area contributed by atoms with Crippen LogP contribution in [0.25, 0.3) is 33.4 Å². The van der Waals surface area contributed by atoms with Crippen molar-refractivity contribution in [3.8, 4) is 22.5 Å². The lowest BCUT2D eigenvalue weighted by atomic mass is 9.84. The molecule has 0 saturated carbocycles. The first kappa shape index (κ1) is 54.7. The Morgan fingerprint density at radius 3 is 2.56 bits per heavy atom. The van der Waals surface area contributed by atoms with Crippen LogP contribution in [0.4, 0.5) is 26.7 Å². The number of amides is 5. The molecular formula is C52H64F5N10O8+. The van der Waals surface area contributed by atoms with E-state index in [9.17, 15) is 37.3 Å². The molecular weight excluding hydrogens is 988 g/mol. The normalized spacial score (nSPS) is 22.1. The van der Waals surface area contributed by atoms with Gasteiger partial charge in [0, 0.05) is 91.5 Å². The topological polar surface area (TPSA) is 184 Å². The van der Waals surface area contributed by atoms with E-state index < -0.39 is 96.8 Å². The summed E-state index contributed by atoms with van der Waals surface area (Å²) >= 11 is 0. The predicted molar refractivity (Wildman–Crippen MR) is 264 cm³/mol. The third kappa shape index (κ3) is 11.6. The number of halogens is 5. The van der Waals surface area contributed by atoms with Gasteiger partial charge in [0.15, 0.2) is 6.61 Å². The van der Waals surface area contributed by atoms with Crippen molar-refractivity contribution in [2.45, 2.75) is 116 Å². The van der Waals surface area contributed by atoms with E-state index in [4.69, 9.17) is 19.3 Å². The summed E-state index contributed by atoms with van der Waals surface area (Å²) < 4.78 is 87.1. The van der Waals surface area contributed by atoms with Crippen LogP contribution in [0.3, 0.4) is 0 Å². The van der Waals surface area contributed by atoms with Crippen molar-refractivity contribution < 1.29 is 60.4 Å². The van der Waals surface area contributed by atoms with Gasteiger partial charge in [0.2, 0.25) is 16.7 Å². The van der Waals surface area contributed by atoms with Crippen LogP contribution in [-0.4, -0.2) is 153 Å². The summed E-state index contributed by atoms with van der Waals surface area (Å²) in [6, 6.07) is 6.46. The summed E-state index contributed by atoms with van der Waals surface area (Å²) in [7, 11) is 2.91. The number of nitrogens with one attached hydrogen (secondary N) is 2. The number of rotatable bonds is 10. The number of aromatic nitrogens is 3. The number of nitrogens with zero attached hydrogens (tertiary/aromatic N) is 8. The van der Waals surface area contributed by atoms with Crippen LogP contribution < -0.4 is 10.7 Å². The molecule has 5 amide bonds. The molecule has 404 valence electrons. The molecule has 6 atom stereocenters. The first-order valence-corrected chi connectivity index (χ1v) is 25.0. The molecule has 0 spiro atoms. The number of alkyl halides is 5. The number of ether oxygens (including phenoxy) is 2. The monoisotopic (exact) mass is 1050 g/mol. The molecule has 6 bridgehead atoms. The highest BCUT2D eigenvalue weighted by Crippen LogP contribution is 2.43. The Morgan fingerprint density at radius 1 is 1.11 bits per heavy atom. The quantitative estimate of drug-likeness (QED) is 0.124. The Kier molecular flexibility index (Phi) is 16.0. The molecule has 2 N–H and O–H groups in total. The second-order valence-corrected chi connectivity index (χ2v) is 20.8. The number of hydrazine groups is 1. The second-order valence-electron chi connectivity index (χ2n) is 20.8. The van der Waals surface area contributed by atoms with Crippen molar-refractivity contribution in [3.05, 3.63) is 88.7 Å². The highest BCUT2D eigenvalue weighted by atomic mass is 19.4. The fourth-order valence-corrected chi connectivity index (χ4v) is 10.8. The maximum atomic E-state index is 15.0. The number of likely N-dealkylation sites (tertiary alicyclic amines) is 1. The van der Waals surface area contributed by atoms with E-state index in [0.717, 1.165) is 10.6 Å². The largest absolute Gasteiger partial charge is 0.406 e. The molecule has 4 aromatic rings. The van der Waals surface area contributed by atoms with Gasteiger partial charge in [-0.15, -0.1) is 0 Å². The molecule has 3 aromatic heterocycles. The van der Waals surface area contributed by atoms with Crippen molar-refractivity contribution in [3.63, 3.8) is 0 Å². The van der Waals surface area contributed by atoms with E-state index in [2.05, 4.69) is 22.3 Å². The van der Waals surface area contributed by atoms with Gasteiger partial charge in [0.1, 0.15) is 18.6 Å². The lowest BCUT2D eigenvalue weighted by molar-refractivity contribution is -0.835. The number of carbonyl (C=O) groups excluding carboxylic acids is 4. The average molecular weight is 1050 g/mol. The maximum absolute atomic E-state index is 15.0. The third-order valence-corrected chi connectivity index (χ3v) is 14.4. The number of benzene rings is 1. The SMILES string of the molecule is C=CC(=O)N1CCO[C@H]2CN(C(=O)N(C)[C@H](C(=O)NC3Cc4cc(C(F)F)cc(n4)-c4ccc5c(c4)c(c(-c4cccnc4[C@H](C)OC)n5CC(F)(F)F)CC(C)(C)CO[N+](=O)[C@@H]4CCCN(N4)C3=O)C(C)C)C[C@H]21. The number of morpholine rings is 1. The van der Waals surface area contributed by atoms with Crippen molar-refractivity contribution >= 4 is 34.7 Å². The van der Waals surface area contributed by atoms with Crippen LogP contribution >= 0.6 is 0 Å². The number of fused-ring (bicyclic) bond motifs is 7. The smallest absolute Gasteiger partial charge is 0.375 e. The molecule has 4 aliphatic heterocycles. The van der Waals surface area contributed by atoms with Gasteiger partial charge < -0.3 is 34.1 Å². The lowest BCUT2D eigenvalue weighted by Gasteiger charge is -2.36. The summed E-state index contributed by atoms with van der Waals surface area (Å²) in [6.07, 6.45) is -7.14. The van der Waals surface area contributed by atoms with Crippen molar-refractivity contribution in [2.24, 2.45) is 11.3 Å². The minimum atomic E-state index is -4.70. The third-order valence-electron chi connectivity index (χ3n) is 14.4. The fraction of sp³-hybridized carbons (Fsp3) is 0.538. The summed E-state index contributed by atoms with van der Waals surface area (Å²) in [4.78, 5) is 90.3. The highest BCUT2D eigenvalue weighted by molar-refractivity contribution is 5.96. The number of methoxy groups -OCH3 is 1. The Morgan fingerprint density at radius 2 is 1.87 bits per heavy atom. The molecule has 4 aliphatic rings. The zero-order chi connectivity index (χ0) is 54.3. The van der Waals surface area contributed by atoms with Gasteiger partial charge in [-0.05, 0) is 73.7 Å². The molecule has 1 aromatic carbocycles. The van der Waals surface area contributed by atoms with Crippen molar-refractivity contribution in [2.75, 3.05) is 53.6 Å². The lowest BCUT2D eigenvalue weighted by Crippen LogP contribution is -2.62. The summed E-state index contributed by atoms with van der Waals surface area (Å²) in [5.41, 5.74) is 3.26. The molecule has 75 heavy (non-hydrogen) atoms. The first-order chi connectivity index (χ1) is 35.5. The molecule has 23 heteroatoms. The first-order valence-electron chi connectivity index (χ1n) is 25.0. The summed E-state index contributed by atoms with van der Waals surface area (Å²) in [5, 5.41) is 4.32. The Bertz CT molecular complexity index is 2840. The molecule has 18 nitrogen and oxygen atoms in total. The van der Waals surface area contributed by atoms with Crippen LogP contribution in [0, 0.1) is 16.2 Å². The van der Waals surface area contributed by atoms with E-state index in [-0.39, 0.29) is 79.8 Å². The predicted octanol–water partition coefficient (Wildman–Crippen LogP) is 6.92. The van der Waals surface area contributed by atoms with Gasteiger partial charge >= 0.3 is 18.4 Å². The van der Waals surface area contributed by atoms with Crippen LogP contribution in [0.15, 0.2) is 61.3 Å². The minimum Gasteiger partial charge on any atom is -0.375 e. The van der Waals surface area contributed by atoms with Gasteiger partial charge in [-0.3, -0.25) is 29.4 Å². The molecule has 0 radical (unpaired) electrons. The number of hydrogen-bond donors (Lipinski definition) is 2. The molecule has 1 unspecified atom stereocenters. The van der Waals surface area contributed by atoms with E-state index in [1.807, 2.05) is 0 Å². The minimum absolute atomic E-state index is 0.0177. The summed E-state index contributed by atoms with van der Waals surface area (Å²) in [6.45, 7) is 11.6. The van der Waals surface area contributed by atoms with Crippen molar-refractivity contribution in [1.82, 2.24) is 45.0 Å². The van der Waals surface area contributed by atoms with Gasteiger partial charge in [-0.25, -0.2) is 18.4 Å². The van der Waals surface area contributed by atoms with Gasteiger partial charge in [-0.2, -0.15) is 18.6 Å². The average Bonchev–Trinajstić information content (AvgIpc) is 3.94. The number of pyridine rings is 2. The zero-order valence-corrected chi connectivity index (χ0v) is 43.0. The van der Waals surface area contributed by atoms with Crippen molar-refractivity contribution in [1.29, 1.82) is 0 Å². The molecule has 3 fully saturated rings.